The summed E-state index contributed by atoms with van der Waals surface area (Å²) in [5.74, 6) is 0.305. The third-order valence-corrected chi connectivity index (χ3v) is 1.97. The standard InChI is InChI=1S/C12H10O.Al/c13-12-8-6-11(7-9-12)10-4-2-1-3-5-10;/h1-9,13H;/q;+3. The number of phenolic OH excluding ortho intramolecular Hbond substituents is 1. The van der Waals surface area contributed by atoms with Crippen LogP contribution >= 0.6 is 0 Å². The average Bonchev–Trinajstić information content (AvgIpc) is 2.20. The molecule has 0 aliphatic rings. The number of hydrogen-bond acceptors (Lipinski definition) is 1. The fraction of sp³-hybridized carbons (Fsp3) is 0. The first-order valence-corrected chi connectivity index (χ1v) is 4.21. The molecule has 0 spiro atoms. The molecule has 0 fully saturated rings. The molecule has 0 aliphatic heterocycles. The normalized spacial score (nSPS) is 9.14. The van der Waals surface area contributed by atoms with Crippen LogP contribution in [0.15, 0.2) is 54.6 Å². The summed E-state index contributed by atoms with van der Waals surface area (Å²) in [4.78, 5) is 0. The van der Waals surface area contributed by atoms with Crippen LogP contribution in [0.4, 0.5) is 0 Å². The third-order valence-electron chi connectivity index (χ3n) is 1.97. The molecule has 0 unspecified atom stereocenters. The van der Waals surface area contributed by atoms with Gasteiger partial charge in [-0.3, -0.25) is 0 Å². The average molecular weight is 197 g/mol. The Morgan fingerprint density at radius 1 is 0.643 bits per heavy atom. The van der Waals surface area contributed by atoms with Gasteiger partial charge in [-0.05, 0) is 23.3 Å². The maximum Gasteiger partial charge on any atom is 3.00 e. The van der Waals surface area contributed by atoms with Crippen LogP contribution in [-0.4, -0.2) is 22.5 Å². The Kier molecular flexibility index (Phi) is 3.76. The van der Waals surface area contributed by atoms with Crippen molar-refractivity contribution in [3.05, 3.63) is 54.6 Å². The molecule has 0 amide bonds. The molecule has 1 N–H and O–H groups in total. The number of rotatable bonds is 1. The van der Waals surface area contributed by atoms with Crippen LogP contribution in [0.2, 0.25) is 0 Å². The number of benzene rings is 2. The van der Waals surface area contributed by atoms with Gasteiger partial charge in [-0.25, -0.2) is 0 Å². The minimum atomic E-state index is 0. The first kappa shape index (κ1) is 10.9. The van der Waals surface area contributed by atoms with Gasteiger partial charge in [0, 0.05) is 0 Å². The molecule has 0 heterocycles. The fourth-order valence-corrected chi connectivity index (χ4v) is 1.28. The monoisotopic (exact) mass is 197 g/mol. The van der Waals surface area contributed by atoms with Crippen molar-refractivity contribution in [1.82, 2.24) is 0 Å². The van der Waals surface area contributed by atoms with Crippen molar-refractivity contribution in [2.75, 3.05) is 0 Å². The van der Waals surface area contributed by atoms with E-state index in [1.807, 2.05) is 42.5 Å². The summed E-state index contributed by atoms with van der Waals surface area (Å²) >= 11 is 0. The summed E-state index contributed by atoms with van der Waals surface area (Å²) in [5, 5.41) is 9.10. The Bertz CT molecular complexity index is 381. The van der Waals surface area contributed by atoms with Crippen molar-refractivity contribution >= 4 is 17.4 Å². The Balaban J connectivity index is 0.000000980. The van der Waals surface area contributed by atoms with E-state index in [9.17, 15) is 0 Å². The summed E-state index contributed by atoms with van der Waals surface area (Å²) in [6, 6.07) is 17.3. The van der Waals surface area contributed by atoms with Crippen LogP contribution < -0.4 is 0 Å². The van der Waals surface area contributed by atoms with Gasteiger partial charge >= 0.3 is 17.4 Å². The van der Waals surface area contributed by atoms with Gasteiger partial charge in [0.1, 0.15) is 5.75 Å². The van der Waals surface area contributed by atoms with Gasteiger partial charge in [0.05, 0.1) is 0 Å². The molecule has 0 radical (unpaired) electrons. The van der Waals surface area contributed by atoms with Crippen molar-refractivity contribution in [3.63, 3.8) is 0 Å². The van der Waals surface area contributed by atoms with Crippen LogP contribution in [0.1, 0.15) is 0 Å². The molecule has 64 valence electrons. The van der Waals surface area contributed by atoms with Crippen molar-refractivity contribution in [2.24, 2.45) is 0 Å². The van der Waals surface area contributed by atoms with Gasteiger partial charge in [0.25, 0.3) is 0 Å². The molecule has 0 saturated carbocycles. The van der Waals surface area contributed by atoms with Crippen LogP contribution in [0.3, 0.4) is 0 Å². The maximum atomic E-state index is 9.10. The SMILES string of the molecule is Oc1ccc(-c2ccccc2)cc1.[Al+3]. The molecule has 2 aromatic carbocycles. The van der Waals surface area contributed by atoms with Crippen molar-refractivity contribution in [2.45, 2.75) is 0 Å². The molecule has 1 nitrogen and oxygen atoms in total. The minimum Gasteiger partial charge on any atom is -0.508 e. The van der Waals surface area contributed by atoms with E-state index in [1.54, 1.807) is 12.1 Å². The molecule has 0 bridgehead atoms. The van der Waals surface area contributed by atoms with E-state index >= 15 is 0 Å². The Morgan fingerprint density at radius 3 is 1.71 bits per heavy atom. The van der Waals surface area contributed by atoms with Crippen LogP contribution in [0.25, 0.3) is 11.1 Å². The van der Waals surface area contributed by atoms with E-state index in [1.165, 1.54) is 5.56 Å². The van der Waals surface area contributed by atoms with Crippen molar-refractivity contribution < 1.29 is 5.11 Å². The van der Waals surface area contributed by atoms with E-state index in [-0.39, 0.29) is 17.4 Å². The van der Waals surface area contributed by atoms with Crippen LogP contribution in [-0.2, 0) is 0 Å². The second-order valence-corrected chi connectivity index (χ2v) is 2.91. The molecule has 0 atom stereocenters. The zero-order chi connectivity index (χ0) is 9.10. The topological polar surface area (TPSA) is 20.2 Å². The summed E-state index contributed by atoms with van der Waals surface area (Å²) in [5.41, 5.74) is 2.29. The molecule has 2 heteroatoms. The van der Waals surface area contributed by atoms with E-state index in [2.05, 4.69) is 0 Å². The zero-order valence-electron chi connectivity index (χ0n) is 7.72. The Morgan fingerprint density at radius 2 is 1.14 bits per heavy atom. The molecular formula is C12H10AlO+3. The third kappa shape index (κ3) is 2.38. The summed E-state index contributed by atoms with van der Waals surface area (Å²) < 4.78 is 0. The zero-order valence-corrected chi connectivity index (χ0v) is 8.88. The van der Waals surface area contributed by atoms with Gasteiger partial charge in [-0.15, -0.1) is 0 Å². The van der Waals surface area contributed by atoms with Crippen molar-refractivity contribution in [1.29, 1.82) is 0 Å². The van der Waals surface area contributed by atoms with Gasteiger partial charge < -0.3 is 5.11 Å². The second-order valence-electron chi connectivity index (χ2n) is 2.91. The van der Waals surface area contributed by atoms with Gasteiger partial charge in [-0.1, -0.05) is 42.5 Å². The fourth-order valence-electron chi connectivity index (χ4n) is 1.28. The molecule has 0 aromatic heterocycles. The first-order chi connectivity index (χ1) is 6.36. The van der Waals surface area contributed by atoms with Crippen LogP contribution in [0.5, 0.6) is 5.75 Å². The van der Waals surface area contributed by atoms with E-state index in [0.29, 0.717) is 5.75 Å². The maximum absolute atomic E-state index is 9.10. The molecule has 0 aliphatic carbocycles. The molecule has 14 heavy (non-hydrogen) atoms. The van der Waals surface area contributed by atoms with E-state index in [4.69, 9.17) is 5.11 Å². The molecule has 2 rings (SSSR count). The predicted molar refractivity (Wildman–Crippen MR) is 59.3 cm³/mol. The largest absolute Gasteiger partial charge is 3.00 e. The van der Waals surface area contributed by atoms with Gasteiger partial charge in [0.2, 0.25) is 0 Å². The second kappa shape index (κ2) is 4.86. The molecule has 2 aromatic rings. The summed E-state index contributed by atoms with van der Waals surface area (Å²) in [6.45, 7) is 0. The molecule has 0 saturated heterocycles. The smallest absolute Gasteiger partial charge is 0.508 e. The van der Waals surface area contributed by atoms with E-state index < -0.39 is 0 Å². The van der Waals surface area contributed by atoms with Gasteiger partial charge in [-0.2, -0.15) is 0 Å². The van der Waals surface area contributed by atoms with Crippen molar-refractivity contribution in [3.8, 4) is 16.9 Å². The quantitative estimate of drug-likeness (QED) is 0.697. The first-order valence-electron chi connectivity index (χ1n) is 4.21. The number of phenols is 1. The Labute approximate surface area is 94.2 Å². The minimum absolute atomic E-state index is 0. The number of hydrogen-bond donors (Lipinski definition) is 1. The van der Waals surface area contributed by atoms with E-state index in [0.717, 1.165) is 5.56 Å². The van der Waals surface area contributed by atoms with Crippen LogP contribution in [0, 0.1) is 0 Å². The summed E-state index contributed by atoms with van der Waals surface area (Å²) in [6.07, 6.45) is 0. The van der Waals surface area contributed by atoms with Gasteiger partial charge in [0.15, 0.2) is 0 Å². The molecular weight excluding hydrogens is 187 g/mol. The number of aromatic hydroxyl groups is 1. The summed E-state index contributed by atoms with van der Waals surface area (Å²) in [7, 11) is 0. The Hall–Kier alpha value is -1.23. The predicted octanol–water partition coefficient (Wildman–Crippen LogP) is 2.68.